The number of H-pyrrole nitrogens is 1. The van der Waals surface area contributed by atoms with E-state index in [4.69, 9.17) is 0 Å². The van der Waals surface area contributed by atoms with Crippen molar-refractivity contribution in [2.75, 3.05) is 0 Å². The second-order valence-corrected chi connectivity index (χ2v) is 7.77. The number of aromatic amines is 1. The average Bonchev–Trinajstić information content (AvgIpc) is 3.12. The molecule has 0 aliphatic heterocycles. The minimum Gasteiger partial charge on any atom is -0.507 e. The number of non-ortho nitro benzene ring substituents is 1. The summed E-state index contributed by atoms with van der Waals surface area (Å²) in [6, 6.07) is 10.5. The summed E-state index contributed by atoms with van der Waals surface area (Å²) in [4.78, 5) is 25.2. The number of nitro groups is 1. The normalized spacial score (nSPS) is 11.3. The maximum atomic E-state index is 12.6. The van der Waals surface area contributed by atoms with Crippen molar-refractivity contribution in [3.05, 3.63) is 81.5 Å². The van der Waals surface area contributed by atoms with Crippen LogP contribution in [0.1, 0.15) is 21.5 Å². The van der Waals surface area contributed by atoms with Crippen LogP contribution in [0.3, 0.4) is 0 Å². The van der Waals surface area contributed by atoms with Crippen molar-refractivity contribution in [2.24, 2.45) is 0 Å². The number of rotatable bonds is 5. The molecule has 3 aromatic rings. The molecule has 8 nitrogen and oxygen atoms in total. The fourth-order valence-electron chi connectivity index (χ4n) is 2.49. The number of sulfone groups is 1. The summed E-state index contributed by atoms with van der Waals surface area (Å²) in [7, 11) is -3.84. The first-order valence-electron chi connectivity index (χ1n) is 7.72. The molecule has 0 radical (unpaired) electrons. The van der Waals surface area contributed by atoms with Gasteiger partial charge in [-0.1, -0.05) is 17.7 Å². The van der Waals surface area contributed by atoms with E-state index < -0.39 is 26.3 Å². The van der Waals surface area contributed by atoms with Gasteiger partial charge in [-0.3, -0.25) is 14.9 Å². The second-order valence-electron chi connectivity index (χ2n) is 5.86. The van der Waals surface area contributed by atoms with E-state index in [2.05, 4.69) is 4.98 Å². The molecule has 0 aliphatic rings. The molecule has 2 N–H and O–H groups in total. The van der Waals surface area contributed by atoms with Gasteiger partial charge < -0.3 is 10.1 Å². The first-order chi connectivity index (χ1) is 12.7. The van der Waals surface area contributed by atoms with E-state index >= 15 is 0 Å². The SMILES string of the molecule is Cc1ccc(S(=O)(=O)c2cc(C(=O)c3ccc([N+](=O)[O-])cc3O)c[nH]2)cc1. The van der Waals surface area contributed by atoms with Crippen LogP contribution in [0.4, 0.5) is 5.69 Å². The van der Waals surface area contributed by atoms with Gasteiger partial charge in [-0.05, 0) is 31.2 Å². The van der Waals surface area contributed by atoms with Gasteiger partial charge >= 0.3 is 0 Å². The van der Waals surface area contributed by atoms with Gasteiger partial charge in [0.15, 0.2) is 5.78 Å². The van der Waals surface area contributed by atoms with Gasteiger partial charge in [0.2, 0.25) is 9.84 Å². The number of aromatic nitrogens is 1. The predicted octanol–water partition coefficient (Wildman–Crippen LogP) is 3.00. The van der Waals surface area contributed by atoms with Crippen LogP contribution < -0.4 is 0 Å². The minimum absolute atomic E-state index is 0.00448. The van der Waals surface area contributed by atoms with Gasteiger partial charge in [0.25, 0.3) is 5.69 Å². The topological polar surface area (TPSA) is 130 Å². The summed E-state index contributed by atoms with van der Waals surface area (Å²) in [5.41, 5.74) is 0.384. The number of carbonyl (C=O) groups excluding carboxylic acids is 1. The quantitative estimate of drug-likeness (QED) is 0.394. The van der Waals surface area contributed by atoms with Gasteiger partial charge in [0.1, 0.15) is 10.8 Å². The fraction of sp³-hybridized carbons (Fsp3) is 0.0556. The van der Waals surface area contributed by atoms with Crippen molar-refractivity contribution in [3.8, 4) is 5.75 Å². The Bertz CT molecular complexity index is 1150. The van der Waals surface area contributed by atoms with Crippen LogP contribution in [0.2, 0.25) is 0 Å². The van der Waals surface area contributed by atoms with Crippen molar-refractivity contribution in [1.82, 2.24) is 4.98 Å². The standard InChI is InChI=1S/C18H14N2O6S/c1-11-2-5-14(6-3-11)27(25,26)17-8-12(10-19-17)18(22)15-7-4-13(20(23)24)9-16(15)21/h2-10,19,21H,1H3. The van der Waals surface area contributed by atoms with Gasteiger partial charge in [-0.2, -0.15) is 0 Å². The molecule has 0 amide bonds. The van der Waals surface area contributed by atoms with E-state index in [1.807, 2.05) is 6.92 Å². The Balaban J connectivity index is 1.95. The third-order valence-electron chi connectivity index (χ3n) is 3.98. The molecule has 0 fully saturated rings. The van der Waals surface area contributed by atoms with Crippen molar-refractivity contribution in [2.45, 2.75) is 16.8 Å². The molecule has 9 heteroatoms. The lowest BCUT2D eigenvalue weighted by Crippen LogP contribution is -2.03. The molecule has 27 heavy (non-hydrogen) atoms. The summed E-state index contributed by atoms with van der Waals surface area (Å²) < 4.78 is 25.3. The summed E-state index contributed by atoms with van der Waals surface area (Å²) in [5, 5.41) is 20.4. The van der Waals surface area contributed by atoms with Crippen molar-refractivity contribution in [1.29, 1.82) is 0 Å². The molecule has 0 unspecified atom stereocenters. The molecular formula is C18H14N2O6S. The number of hydrogen-bond acceptors (Lipinski definition) is 6. The number of nitrogens with one attached hydrogen (secondary N) is 1. The number of hydrogen-bond donors (Lipinski definition) is 2. The van der Waals surface area contributed by atoms with E-state index in [9.17, 15) is 28.4 Å². The van der Waals surface area contributed by atoms with Gasteiger partial charge in [0.05, 0.1) is 21.4 Å². The lowest BCUT2D eigenvalue weighted by atomic mass is 10.0. The number of benzene rings is 2. The van der Waals surface area contributed by atoms with E-state index in [1.165, 1.54) is 24.4 Å². The molecule has 0 saturated heterocycles. The van der Waals surface area contributed by atoms with Crippen LogP contribution in [0.25, 0.3) is 0 Å². The molecule has 1 heterocycles. The summed E-state index contributed by atoms with van der Waals surface area (Å²) in [6.07, 6.45) is 1.21. The van der Waals surface area contributed by atoms with Crippen molar-refractivity contribution in [3.63, 3.8) is 0 Å². The zero-order chi connectivity index (χ0) is 19.8. The molecule has 0 spiro atoms. The lowest BCUT2D eigenvalue weighted by Gasteiger charge is -2.03. The van der Waals surface area contributed by atoms with Gasteiger partial charge in [-0.25, -0.2) is 8.42 Å². The monoisotopic (exact) mass is 386 g/mol. The van der Waals surface area contributed by atoms with Gasteiger partial charge in [-0.15, -0.1) is 0 Å². The Labute approximate surface area is 154 Å². The maximum Gasteiger partial charge on any atom is 0.273 e. The molecular weight excluding hydrogens is 372 g/mol. The van der Waals surface area contributed by atoms with Crippen LogP contribution in [0.5, 0.6) is 5.75 Å². The van der Waals surface area contributed by atoms with E-state index in [1.54, 1.807) is 12.1 Å². The van der Waals surface area contributed by atoms with Crippen LogP contribution in [0, 0.1) is 17.0 Å². The van der Waals surface area contributed by atoms with Crippen molar-refractivity contribution >= 4 is 21.3 Å². The third kappa shape index (κ3) is 3.44. The molecule has 3 rings (SSSR count). The molecule has 0 saturated carbocycles. The number of phenols is 1. The number of nitro benzene ring substituents is 1. The van der Waals surface area contributed by atoms with Crippen LogP contribution in [0.15, 0.2) is 64.6 Å². The Kier molecular flexibility index (Phi) is 4.54. The minimum atomic E-state index is -3.84. The lowest BCUT2D eigenvalue weighted by molar-refractivity contribution is -0.384. The largest absolute Gasteiger partial charge is 0.507 e. The Morgan fingerprint density at radius 3 is 2.37 bits per heavy atom. The predicted molar refractivity (Wildman–Crippen MR) is 95.6 cm³/mol. The highest BCUT2D eigenvalue weighted by atomic mass is 32.2. The van der Waals surface area contributed by atoms with E-state index in [0.717, 1.165) is 23.8 Å². The number of aryl methyl sites for hydroxylation is 1. The first-order valence-corrected chi connectivity index (χ1v) is 9.21. The van der Waals surface area contributed by atoms with Crippen LogP contribution in [-0.4, -0.2) is 29.2 Å². The molecule has 2 aromatic carbocycles. The van der Waals surface area contributed by atoms with Crippen LogP contribution in [-0.2, 0) is 9.84 Å². The third-order valence-corrected chi connectivity index (χ3v) is 5.68. The number of carbonyl (C=O) groups is 1. The zero-order valence-electron chi connectivity index (χ0n) is 14.0. The number of ketones is 1. The summed E-state index contributed by atoms with van der Waals surface area (Å²) in [5.74, 6) is -1.22. The molecule has 138 valence electrons. The highest BCUT2D eigenvalue weighted by molar-refractivity contribution is 7.91. The Hall–Kier alpha value is -3.46. The highest BCUT2D eigenvalue weighted by Gasteiger charge is 2.23. The molecule has 0 atom stereocenters. The Morgan fingerprint density at radius 1 is 1.11 bits per heavy atom. The number of nitrogens with zero attached hydrogens (tertiary/aromatic N) is 1. The average molecular weight is 386 g/mol. The fourth-order valence-corrected chi connectivity index (χ4v) is 3.73. The molecule has 0 bridgehead atoms. The van der Waals surface area contributed by atoms with Crippen LogP contribution >= 0.6 is 0 Å². The Morgan fingerprint density at radius 2 is 1.78 bits per heavy atom. The van der Waals surface area contributed by atoms with E-state index in [0.29, 0.717) is 0 Å². The smallest absolute Gasteiger partial charge is 0.273 e. The zero-order valence-corrected chi connectivity index (χ0v) is 14.9. The van der Waals surface area contributed by atoms with E-state index in [-0.39, 0.29) is 26.7 Å². The summed E-state index contributed by atoms with van der Waals surface area (Å²) in [6.45, 7) is 1.83. The second kappa shape index (κ2) is 6.69. The summed E-state index contributed by atoms with van der Waals surface area (Å²) >= 11 is 0. The molecule has 1 aromatic heterocycles. The maximum absolute atomic E-state index is 12.6. The van der Waals surface area contributed by atoms with Gasteiger partial charge in [0, 0.05) is 17.8 Å². The number of phenolic OH excluding ortho intramolecular Hbond substituents is 1. The van der Waals surface area contributed by atoms with Crippen molar-refractivity contribution < 1.29 is 23.2 Å². The first kappa shape index (κ1) is 18.3. The number of aromatic hydroxyl groups is 1. The molecule has 0 aliphatic carbocycles. The highest BCUT2D eigenvalue weighted by Crippen LogP contribution is 2.27.